The summed E-state index contributed by atoms with van der Waals surface area (Å²) in [5.41, 5.74) is 7.14. The summed E-state index contributed by atoms with van der Waals surface area (Å²) >= 11 is 7.74. The van der Waals surface area contributed by atoms with Crippen LogP contribution in [0.15, 0.2) is 41.6 Å². The lowest BCUT2D eigenvalue weighted by molar-refractivity contribution is -0.116. The zero-order valence-corrected chi connectivity index (χ0v) is 18.6. The fourth-order valence-corrected chi connectivity index (χ4v) is 4.75. The summed E-state index contributed by atoms with van der Waals surface area (Å²) in [5, 5.41) is 12.0. The van der Waals surface area contributed by atoms with Crippen LogP contribution in [0.4, 0.5) is 5.69 Å². The fourth-order valence-electron chi connectivity index (χ4n) is 3.36. The number of rotatable bonds is 4. The van der Waals surface area contributed by atoms with Crippen LogP contribution in [0.2, 0.25) is 5.02 Å². The van der Waals surface area contributed by atoms with Crippen molar-refractivity contribution in [2.24, 2.45) is 0 Å². The normalized spacial score (nSPS) is 17.8. The third kappa shape index (κ3) is 3.85. The van der Waals surface area contributed by atoms with E-state index in [2.05, 4.69) is 20.9 Å². The Balaban J connectivity index is 1.70. The number of anilines is 1. The Kier molecular flexibility index (Phi) is 5.62. The van der Waals surface area contributed by atoms with Crippen LogP contribution in [0.3, 0.4) is 0 Å². The Morgan fingerprint density at radius 2 is 2.00 bits per heavy atom. The topological polar surface area (TPSA) is 81.1 Å². The number of carbonyl (C=O) groups excluding carboxylic acids is 1. The number of nitrogens with zero attached hydrogens (tertiary/aromatic N) is 3. The van der Waals surface area contributed by atoms with E-state index in [1.807, 2.05) is 51.1 Å². The minimum Gasteiger partial charge on any atom is -0.495 e. The van der Waals surface area contributed by atoms with Crippen molar-refractivity contribution in [3.05, 3.63) is 63.9 Å². The number of ether oxygens (including phenoxy) is 1. The quantitative estimate of drug-likeness (QED) is 0.627. The molecule has 0 radical (unpaired) electrons. The van der Waals surface area contributed by atoms with Gasteiger partial charge in [0.15, 0.2) is 0 Å². The van der Waals surface area contributed by atoms with Crippen molar-refractivity contribution in [3.8, 4) is 5.75 Å². The molecule has 2 atom stereocenters. The number of halogens is 1. The summed E-state index contributed by atoms with van der Waals surface area (Å²) in [7, 11) is 1.57. The van der Waals surface area contributed by atoms with E-state index in [9.17, 15) is 4.79 Å². The molecule has 9 heteroatoms. The lowest BCUT2D eigenvalue weighted by Crippen LogP contribution is -2.41. The molecule has 0 fully saturated rings. The van der Waals surface area contributed by atoms with Gasteiger partial charge in [0.2, 0.25) is 11.1 Å². The molecule has 3 aromatic rings. The third-order valence-electron chi connectivity index (χ3n) is 5.04. The average Bonchev–Trinajstić information content (AvgIpc) is 3.09. The van der Waals surface area contributed by atoms with Crippen molar-refractivity contribution >= 4 is 35.0 Å². The van der Waals surface area contributed by atoms with E-state index < -0.39 is 5.25 Å². The van der Waals surface area contributed by atoms with Gasteiger partial charge in [0, 0.05) is 5.69 Å². The van der Waals surface area contributed by atoms with E-state index in [0.29, 0.717) is 15.9 Å². The number of nitrogens with one attached hydrogen (secondary N) is 2. The lowest BCUT2D eigenvalue weighted by atomic mass is 10.0. The summed E-state index contributed by atoms with van der Waals surface area (Å²) < 4.78 is 7.07. The molecule has 2 N–H and O–H groups in total. The van der Waals surface area contributed by atoms with Crippen molar-refractivity contribution in [1.29, 1.82) is 0 Å². The number of aromatic nitrogens is 3. The minimum absolute atomic E-state index is 0.120. The molecule has 0 spiro atoms. The number of hydrogen-bond acceptors (Lipinski definition) is 6. The van der Waals surface area contributed by atoms with Gasteiger partial charge in [0.25, 0.3) is 0 Å². The second-order valence-corrected chi connectivity index (χ2v) is 8.73. The van der Waals surface area contributed by atoms with Crippen LogP contribution in [0.1, 0.15) is 28.6 Å². The average molecular weight is 444 g/mol. The van der Waals surface area contributed by atoms with Crippen LogP contribution in [0.25, 0.3) is 0 Å². The number of thioether (sulfide) groups is 1. The molecule has 1 aliphatic heterocycles. The summed E-state index contributed by atoms with van der Waals surface area (Å²) in [4.78, 5) is 13.4. The molecule has 1 aromatic heterocycles. The van der Waals surface area contributed by atoms with E-state index in [0.717, 1.165) is 28.2 Å². The third-order valence-corrected chi connectivity index (χ3v) is 6.55. The van der Waals surface area contributed by atoms with Gasteiger partial charge >= 0.3 is 0 Å². The van der Waals surface area contributed by atoms with Gasteiger partial charge < -0.3 is 15.5 Å². The first-order valence-electron chi connectivity index (χ1n) is 9.44. The second kappa shape index (κ2) is 8.20. The maximum absolute atomic E-state index is 13.4. The zero-order chi connectivity index (χ0) is 21.4. The Bertz CT molecular complexity index is 1120. The van der Waals surface area contributed by atoms with Gasteiger partial charge in [0.05, 0.1) is 18.2 Å². The number of carbonyl (C=O) groups is 1. The summed E-state index contributed by atoms with van der Waals surface area (Å²) in [6.07, 6.45) is 0. The molecule has 0 bridgehead atoms. The molecular weight excluding hydrogens is 422 g/mol. The van der Waals surface area contributed by atoms with Gasteiger partial charge in [-0.3, -0.25) is 4.79 Å². The molecule has 0 saturated heterocycles. The van der Waals surface area contributed by atoms with Crippen molar-refractivity contribution in [3.63, 3.8) is 0 Å². The van der Waals surface area contributed by atoms with Crippen LogP contribution >= 0.6 is 23.4 Å². The maximum Gasteiger partial charge on any atom is 0.240 e. The Morgan fingerprint density at radius 1 is 1.20 bits per heavy atom. The fraction of sp³-hybridized carbons (Fsp3) is 0.286. The highest BCUT2D eigenvalue weighted by Crippen LogP contribution is 2.39. The molecule has 1 aliphatic rings. The number of hydrogen-bond donors (Lipinski definition) is 2. The number of aryl methyl sites for hydroxylation is 3. The Morgan fingerprint density at radius 3 is 2.73 bits per heavy atom. The van der Waals surface area contributed by atoms with E-state index in [1.54, 1.807) is 17.9 Å². The second-order valence-electron chi connectivity index (χ2n) is 7.21. The molecule has 30 heavy (non-hydrogen) atoms. The molecule has 156 valence electrons. The highest BCUT2D eigenvalue weighted by Gasteiger charge is 2.37. The van der Waals surface area contributed by atoms with Crippen molar-refractivity contribution in [2.45, 2.75) is 37.2 Å². The van der Waals surface area contributed by atoms with Crippen molar-refractivity contribution < 1.29 is 9.53 Å². The predicted octanol–water partition coefficient (Wildman–Crippen LogP) is 4.26. The van der Waals surface area contributed by atoms with Gasteiger partial charge in [-0.15, -0.1) is 10.2 Å². The summed E-state index contributed by atoms with van der Waals surface area (Å²) in [6.45, 7) is 5.83. The maximum atomic E-state index is 13.4. The Labute approximate surface area is 184 Å². The molecule has 2 aromatic carbocycles. The van der Waals surface area contributed by atoms with Gasteiger partial charge in [-0.2, -0.15) is 0 Å². The molecule has 2 heterocycles. The minimum atomic E-state index is -0.481. The highest BCUT2D eigenvalue weighted by molar-refractivity contribution is 8.00. The molecule has 1 amide bonds. The van der Waals surface area contributed by atoms with Crippen molar-refractivity contribution in [2.75, 3.05) is 17.9 Å². The molecule has 7 nitrogen and oxygen atoms in total. The van der Waals surface area contributed by atoms with Crippen LogP contribution in [0.5, 0.6) is 5.75 Å². The monoisotopic (exact) mass is 443 g/mol. The first-order chi connectivity index (χ1) is 14.4. The van der Waals surface area contributed by atoms with E-state index >= 15 is 0 Å². The first-order valence-corrected chi connectivity index (χ1v) is 10.7. The molecule has 0 saturated carbocycles. The number of methoxy groups -OCH3 is 1. The number of benzene rings is 2. The van der Waals surface area contributed by atoms with Gasteiger partial charge in [-0.05, 0) is 55.7 Å². The number of fused-ring (bicyclic) bond motifs is 1. The van der Waals surface area contributed by atoms with Crippen molar-refractivity contribution in [1.82, 2.24) is 14.9 Å². The van der Waals surface area contributed by atoms with Gasteiger partial charge in [-0.1, -0.05) is 41.6 Å². The molecule has 4 rings (SSSR count). The van der Waals surface area contributed by atoms with Gasteiger partial charge in [0.1, 0.15) is 16.8 Å². The largest absolute Gasteiger partial charge is 0.495 e. The van der Waals surface area contributed by atoms with Crippen LogP contribution < -0.4 is 15.5 Å². The molecular formula is C21H22ClN5O2S. The van der Waals surface area contributed by atoms with Crippen LogP contribution in [-0.4, -0.2) is 33.1 Å². The molecule has 0 unspecified atom stereocenters. The van der Waals surface area contributed by atoms with E-state index in [1.165, 1.54) is 11.8 Å². The Hall–Kier alpha value is -2.71. The lowest BCUT2D eigenvalue weighted by Gasteiger charge is -2.33. The van der Waals surface area contributed by atoms with Crippen LogP contribution in [0, 0.1) is 20.8 Å². The molecule has 0 aliphatic carbocycles. The highest BCUT2D eigenvalue weighted by atomic mass is 35.5. The van der Waals surface area contributed by atoms with Gasteiger partial charge in [-0.25, -0.2) is 4.68 Å². The predicted molar refractivity (Wildman–Crippen MR) is 119 cm³/mol. The van der Waals surface area contributed by atoms with E-state index in [-0.39, 0.29) is 11.9 Å². The SMILES string of the molecule is COc1ccc([C@H]2Nn3c(C)nnc3S[C@@H]2C(=O)Nc2cc(C)ccc2C)cc1Cl. The van der Waals surface area contributed by atoms with Crippen LogP contribution in [-0.2, 0) is 4.79 Å². The number of amides is 1. The summed E-state index contributed by atoms with van der Waals surface area (Å²) in [5.74, 6) is 1.18. The first kappa shape index (κ1) is 20.6. The standard InChI is InChI=1S/C21H22ClN5O2S/c1-11-5-6-12(2)16(9-11)23-20(28)19-18(14-7-8-17(29-4)15(22)10-14)26-27-13(3)24-25-21(27)30-19/h5-10,18-19,26H,1-4H3,(H,23,28)/t18-,19+/m1/s1. The summed E-state index contributed by atoms with van der Waals surface area (Å²) in [6, 6.07) is 11.2. The smallest absolute Gasteiger partial charge is 0.240 e. The zero-order valence-electron chi connectivity index (χ0n) is 17.1. The van der Waals surface area contributed by atoms with E-state index in [4.69, 9.17) is 16.3 Å².